The largest absolute Gasteiger partial charge is 0.389 e. The molecular formula is C12H22O. The molecule has 0 aliphatic heterocycles. The molecule has 0 aromatic heterocycles. The number of aliphatic hydroxyl groups excluding tert-OH is 1. The van der Waals surface area contributed by atoms with E-state index >= 15 is 0 Å². The van der Waals surface area contributed by atoms with E-state index in [1.165, 1.54) is 24.8 Å². The summed E-state index contributed by atoms with van der Waals surface area (Å²) in [6, 6.07) is 0. The van der Waals surface area contributed by atoms with E-state index in [-0.39, 0.29) is 6.10 Å². The molecule has 1 saturated carbocycles. The molecule has 1 aliphatic carbocycles. The van der Waals surface area contributed by atoms with Gasteiger partial charge in [-0.15, -0.1) is 0 Å². The molecule has 0 radical (unpaired) electrons. The van der Waals surface area contributed by atoms with Crippen molar-refractivity contribution in [3.8, 4) is 0 Å². The van der Waals surface area contributed by atoms with Crippen LogP contribution in [0.2, 0.25) is 0 Å². The summed E-state index contributed by atoms with van der Waals surface area (Å²) in [6.07, 6.45) is 5.43. The minimum atomic E-state index is -0.279. The van der Waals surface area contributed by atoms with Crippen molar-refractivity contribution < 1.29 is 5.11 Å². The van der Waals surface area contributed by atoms with Gasteiger partial charge in [0.05, 0.1) is 6.10 Å². The Kier molecular flexibility index (Phi) is 3.18. The summed E-state index contributed by atoms with van der Waals surface area (Å²) in [5, 5.41) is 9.28. The molecule has 2 atom stereocenters. The summed E-state index contributed by atoms with van der Waals surface area (Å²) in [5.41, 5.74) is 1.95. The number of allylic oxidation sites excluding steroid dienone is 1. The van der Waals surface area contributed by atoms with Crippen molar-refractivity contribution in [1.82, 2.24) is 0 Å². The van der Waals surface area contributed by atoms with Gasteiger partial charge in [0, 0.05) is 0 Å². The highest BCUT2D eigenvalue weighted by Crippen LogP contribution is 2.41. The van der Waals surface area contributed by atoms with Crippen molar-refractivity contribution in [2.24, 2.45) is 11.3 Å². The summed E-state index contributed by atoms with van der Waals surface area (Å²) < 4.78 is 0. The molecule has 13 heavy (non-hydrogen) atoms. The summed E-state index contributed by atoms with van der Waals surface area (Å²) >= 11 is 0. The van der Waals surface area contributed by atoms with Gasteiger partial charge in [0.2, 0.25) is 0 Å². The lowest BCUT2D eigenvalue weighted by molar-refractivity contribution is 0.219. The molecule has 1 heteroatoms. The average Bonchev–Trinajstić information content (AvgIpc) is 1.93. The molecule has 0 amide bonds. The molecule has 1 rings (SSSR count). The first kappa shape index (κ1) is 10.8. The smallest absolute Gasteiger partial charge is 0.0695 e. The highest BCUT2D eigenvalue weighted by Gasteiger charge is 2.28. The van der Waals surface area contributed by atoms with Gasteiger partial charge < -0.3 is 5.11 Å². The van der Waals surface area contributed by atoms with Gasteiger partial charge in [-0.1, -0.05) is 32.4 Å². The van der Waals surface area contributed by atoms with Crippen molar-refractivity contribution in [2.75, 3.05) is 0 Å². The van der Waals surface area contributed by atoms with Gasteiger partial charge in [0.1, 0.15) is 0 Å². The third-order valence-electron chi connectivity index (χ3n) is 3.04. The van der Waals surface area contributed by atoms with Gasteiger partial charge in [-0.05, 0) is 37.5 Å². The van der Waals surface area contributed by atoms with Gasteiger partial charge in [-0.2, -0.15) is 0 Å². The zero-order valence-corrected chi connectivity index (χ0v) is 9.30. The minimum Gasteiger partial charge on any atom is -0.389 e. The first-order valence-electron chi connectivity index (χ1n) is 5.29. The second-order valence-electron chi connectivity index (χ2n) is 5.25. The van der Waals surface area contributed by atoms with Gasteiger partial charge >= 0.3 is 0 Å². The molecule has 2 unspecified atom stereocenters. The van der Waals surface area contributed by atoms with E-state index in [0.717, 1.165) is 0 Å². The van der Waals surface area contributed by atoms with Gasteiger partial charge in [-0.3, -0.25) is 0 Å². The average molecular weight is 182 g/mol. The van der Waals surface area contributed by atoms with Crippen LogP contribution < -0.4 is 0 Å². The molecule has 0 aromatic rings. The standard InChI is InChI=1S/C12H22O/c1-9-8-12(3,4)6-5-11(9)7-10(2)13/h7,9-10,13H,5-6,8H2,1-4H3/b11-7-. The predicted molar refractivity (Wildman–Crippen MR) is 56.6 cm³/mol. The van der Waals surface area contributed by atoms with Crippen LogP contribution in [0.15, 0.2) is 11.6 Å². The topological polar surface area (TPSA) is 20.2 Å². The van der Waals surface area contributed by atoms with Crippen LogP contribution in [0.4, 0.5) is 0 Å². The summed E-state index contributed by atoms with van der Waals surface area (Å²) in [6.45, 7) is 8.78. The molecule has 0 bridgehead atoms. The Morgan fingerprint density at radius 2 is 2.15 bits per heavy atom. The second kappa shape index (κ2) is 3.83. The summed E-state index contributed by atoms with van der Waals surface area (Å²) in [4.78, 5) is 0. The first-order valence-corrected chi connectivity index (χ1v) is 5.29. The molecule has 1 fully saturated rings. The Morgan fingerprint density at radius 3 is 2.62 bits per heavy atom. The van der Waals surface area contributed by atoms with E-state index in [0.29, 0.717) is 11.3 Å². The molecule has 1 N–H and O–H groups in total. The van der Waals surface area contributed by atoms with Crippen LogP contribution in [0.3, 0.4) is 0 Å². The maximum absolute atomic E-state index is 9.28. The van der Waals surface area contributed by atoms with E-state index in [1.807, 2.05) is 13.0 Å². The molecule has 0 aromatic carbocycles. The van der Waals surface area contributed by atoms with Gasteiger partial charge in [0.15, 0.2) is 0 Å². The molecule has 76 valence electrons. The number of aliphatic hydroxyl groups is 1. The quantitative estimate of drug-likeness (QED) is 0.618. The lowest BCUT2D eigenvalue weighted by Crippen LogP contribution is -2.23. The fourth-order valence-electron chi connectivity index (χ4n) is 2.35. The lowest BCUT2D eigenvalue weighted by atomic mass is 9.70. The third-order valence-corrected chi connectivity index (χ3v) is 3.04. The van der Waals surface area contributed by atoms with E-state index in [1.54, 1.807) is 0 Å². The third kappa shape index (κ3) is 3.15. The fraction of sp³-hybridized carbons (Fsp3) is 0.833. The molecule has 0 heterocycles. The van der Waals surface area contributed by atoms with Crippen LogP contribution in [0.1, 0.15) is 47.0 Å². The van der Waals surface area contributed by atoms with Crippen LogP contribution in [0.5, 0.6) is 0 Å². The van der Waals surface area contributed by atoms with Crippen LogP contribution >= 0.6 is 0 Å². The number of rotatable bonds is 1. The zero-order valence-electron chi connectivity index (χ0n) is 9.30. The highest BCUT2D eigenvalue weighted by atomic mass is 16.3. The minimum absolute atomic E-state index is 0.279. The Balaban J connectivity index is 2.64. The molecule has 0 saturated heterocycles. The van der Waals surface area contributed by atoms with Crippen molar-refractivity contribution in [3.63, 3.8) is 0 Å². The predicted octanol–water partition coefficient (Wildman–Crippen LogP) is 3.14. The number of hydrogen-bond acceptors (Lipinski definition) is 1. The van der Waals surface area contributed by atoms with Crippen LogP contribution in [0.25, 0.3) is 0 Å². The highest BCUT2D eigenvalue weighted by molar-refractivity contribution is 5.12. The van der Waals surface area contributed by atoms with Crippen LogP contribution in [-0.4, -0.2) is 11.2 Å². The zero-order chi connectivity index (χ0) is 10.1. The monoisotopic (exact) mass is 182 g/mol. The second-order valence-corrected chi connectivity index (χ2v) is 5.25. The molecular weight excluding hydrogens is 160 g/mol. The van der Waals surface area contributed by atoms with E-state index in [4.69, 9.17) is 0 Å². The van der Waals surface area contributed by atoms with E-state index in [2.05, 4.69) is 20.8 Å². The van der Waals surface area contributed by atoms with E-state index < -0.39 is 0 Å². The number of hydrogen-bond donors (Lipinski definition) is 1. The van der Waals surface area contributed by atoms with Crippen LogP contribution in [0, 0.1) is 11.3 Å². The van der Waals surface area contributed by atoms with Crippen molar-refractivity contribution >= 4 is 0 Å². The summed E-state index contributed by atoms with van der Waals surface area (Å²) in [7, 11) is 0. The van der Waals surface area contributed by atoms with Crippen molar-refractivity contribution in [3.05, 3.63) is 11.6 Å². The molecule has 1 nitrogen and oxygen atoms in total. The Bertz CT molecular complexity index is 201. The normalized spacial score (nSPS) is 33.3. The van der Waals surface area contributed by atoms with Gasteiger partial charge in [-0.25, -0.2) is 0 Å². The Labute approximate surface area is 81.9 Å². The Hall–Kier alpha value is -0.300. The SMILES string of the molecule is CC(O)/C=C1/CCC(C)(C)CC1C. The molecule has 0 spiro atoms. The fourth-order valence-corrected chi connectivity index (χ4v) is 2.35. The van der Waals surface area contributed by atoms with E-state index in [9.17, 15) is 5.11 Å². The van der Waals surface area contributed by atoms with Crippen molar-refractivity contribution in [2.45, 2.75) is 53.1 Å². The Morgan fingerprint density at radius 1 is 1.54 bits per heavy atom. The van der Waals surface area contributed by atoms with Crippen LogP contribution in [-0.2, 0) is 0 Å². The molecule has 1 aliphatic rings. The maximum Gasteiger partial charge on any atom is 0.0695 e. The van der Waals surface area contributed by atoms with Crippen molar-refractivity contribution in [1.29, 1.82) is 0 Å². The summed E-state index contributed by atoms with van der Waals surface area (Å²) in [5.74, 6) is 0.651. The lowest BCUT2D eigenvalue weighted by Gasteiger charge is -2.35. The maximum atomic E-state index is 9.28. The van der Waals surface area contributed by atoms with Gasteiger partial charge in [0.25, 0.3) is 0 Å². The first-order chi connectivity index (χ1) is 5.91.